The van der Waals surface area contributed by atoms with Gasteiger partial charge in [0.2, 0.25) is 0 Å². The number of thiophene rings is 1. The Bertz CT molecular complexity index is 530. The molecule has 148 valence electrons. The van der Waals surface area contributed by atoms with Crippen LogP contribution < -0.4 is 10.6 Å². The molecule has 2 aliphatic heterocycles. The molecule has 3 heterocycles. The quantitative estimate of drug-likeness (QED) is 0.365. The molecule has 0 aromatic carbocycles. The van der Waals surface area contributed by atoms with Crippen LogP contribution in [-0.4, -0.2) is 69.1 Å². The number of likely N-dealkylation sites (tertiary alicyclic amines) is 2. The van der Waals surface area contributed by atoms with Gasteiger partial charge in [-0.3, -0.25) is 9.89 Å². The molecule has 2 fully saturated rings. The summed E-state index contributed by atoms with van der Waals surface area (Å²) in [5.74, 6) is 1.66. The first-order valence-corrected chi connectivity index (χ1v) is 10.5. The standard InChI is InChI=1S/C19H33N5S.HI/c1-20-19(21-13-16-7-5-9-23(2)15-16)22-14-17(18-8-6-12-25-18)24-10-3-4-11-24;/h6,8,12,16-17H,3-5,7,9-11,13-15H2,1-2H3,(H2,20,21,22);1H. The Balaban J connectivity index is 0.00000243. The molecular formula is C19H34IN5S. The number of hydrogen-bond donors (Lipinski definition) is 2. The first kappa shape index (κ1) is 21.9. The van der Waals surface area contributed by atoms with Crippen molar-refractivity contribution in [2.75, 3.05) is 53.4 Å². The predicted octanol–water partition coefficient (Wildman–Crippen LogP) is 3.01. The summed E-state index contributed by atoms with van der Waals surface area (Å²) in [7, 11) is 4.10. The van der Waals surface area contributed by atoms with E-state index in [0.717, 1.165) is 25.0 Å². The van der Waals surface area contributed by atoms with Gasteiger partial charge in [0.25, 0.3) is 0 Å². The summed E-state index contributed by atoms with van der Waals surface area (Å²) in [5, 5.41) is 9.31. The number of nitrogens with zero attached hydrogens (tertiary/aromatic N) is 3. The molecule has 2 saturated heterocycles. The molecule has 0 amide bonds. The molecule has 0 aliphatic carbocycles. The van der Waals surface area contributed by atoms with Gasteiger partial charge in [0.1, 0.15) is 0 Å². The van der Waals surface area contributed by atoms with E-state index in [4.69, 9.17) is 0 Å². The second kappa shape index (κ2) is 11.5. The highest BCUT2D eigenvalue weighted by Gasteiger charge is 2.24. The van der Waals surface area contributed by atoms with Crippen molar-refractivity contribution in [3.63, 3.8) is 0 Å². The Hall–Kier alpha value is -0.380. The Morgan fingerprint density at radius 1 is 1.27 bits per heavy atom. The maximum Gasteiger partial charge on any atom is 0.191 e. The molecule has 2 N–H and O–H groups in total. The Kier molecular flexibility index (Phi) is 9.66. The van der Waals surface area contributed by atoms with E-state index in [0.29, 0.717) is 6.04 Å². The summed E-state index contributed by atoms with van der Waals surface area (Å²) < 4.78 is 0. The van der Waals surface area contributed by atoms with Gasteiger partial charge >= 0.3 is 0 Å². The summed E-state index contributed by atoms with van der Waals surface area (Å²) in [4.78, 5) is 10.9. The number of rotatable bonds is 6. The molecule has 3 rings (SSSR count). The molecule has 26 heavy (non-hydrogen) atoms. The maximum absolute atomic E-state index is 4.44. The van der Waals surface area contributed by atoms with Gasteiger partial charge in [0, 0.05) is 31.6 Å². The first-order valence-electron chi connectivity index (χ1n) is 9.67. The fourth-order valence-corrected chi connectivity index (χ4v) is 4.90. The van der Waals surface area contributed by atoms with Crippen LogP contribution >= 0.6 is 35.3 Å². The van der Waals surface area contributed by atoms with Gasteiger partial charge in [-0.25, -0.2) is 0 Å². The van der Waals surface area contributed by atoms with Gasteiger partial charge in [-0.15, -0.1) is 35.3 Å². The minimum Gasteiger partial charge on any atom is -0.356 e. The van der Waals surface area contributed by atoms with Gasteiger partial charge in [0.15, 0.2) is 5.96 Å². The van der Waals surface area contributed by atoms with Crippen molar-refractivity contribution in [3.05, 3.63) is 22.4 Å². The Labute approximate surface area is 179 Å². The molecule has 5 nitrogen and oxygen atoms in total. The number of guanidine groups is 1. The zero-order chi connectivity index (χ0) is 17.5. The molecule has 7 heteroatoms. The fourth-order valence-electron chi connectivity index (χ4n) is 4.04. The van der Waals surface area contributed by atoms with Crippen molar-refractivity contribution in [3.8, 4) is 0 Å². The summed E-state index contributed by atoms with van der Waals surface area (Å²) in [6.45, 7) is 6.79. The van der Waals surface area contributed by atoms with Crippen molar-refractivity contribution in [2.24, 2.45) is 10.9 Å². The first-order chi connectivity index (χ1) is 12.3. The lowest BCUT2D eigenvalue weighted by Crippen LogP contribution is -2.45. The smallest absolute Gasteiger partial charge is 0.191 e. The third kappa shape index (κ3) is 6.35. The third-order valence-electron chi connectivity index (χ3n) is 5.42. The minimum atomic E-state index is 0. The van der Waals surface area contributed by atoms with E-state index < -0.39 is 0 Å². The second-order valence-electron chi connectivity index (χ2n) is 7.38. The summed E-state index contributed by atoms with van der Waals surface area (Å²) in [6.07, 6.45) is 5.28. The monoisotopic (exact) mass is 491 g/mol. The molecule has 2 atom stereocenters. The molecular weight excluding hydrogens is 457 g/mol. The van der Waals surface area contributed by atoms with Crippen molar-refractivity contribution < 1.29 is 0 Å². The topological polar surface area (TPSA) is 42.9 Å². The third-order valence-corrected chi connectivity index (χ3v) is 6.39. The van der Waals surface area contributed by atoms with Crippen LogP contribution in [0.3, 0.4) is 0 Å². The molecule has 1 aromatic heterocycles. The maximum atomic E-state index is 4.44. The van der Waals surface area contributed by atoms with Crippen LogP contribution in [0.5, 0.6) is 0 Å². The number of hydrogen-bond acceptors (Lipinski definition) is 4. The van der Waals surface area contributed by atoms with Crippen molar-refractivity contribution >= 4 is 41.3 Å². The number of aliphatic imine (C=N–C) groups is 1. The fraction of sp³-hybridized carbons (Fsp3) is 0.737. The molecule has 0 bridgehead atoms. The minimum absolute atomic E-state index is 0. The zero-order valence-corrected chi connectivity index (χ0v) is 19.3. The average Bonchev–Trinajstić information content (AvgIpc) is 3.32. The van der Waals surface area contributed by atoms with Crippen molar-refractivity contribution in [1.82, 2.24) is 20.4 Å². The highest BCUT2D eigenvalue weighted by molar-refractivity contribution is 14.0. The van der Waals surface area contributed by atoms with E-state index >= 15 is 0 Å². The second-order valence-corrected chi connectivity index (χ2v) is 8.36. The van der Waals surface area contributed by atoms with E-state index in [1.807, 2.05) is 18.4 Å². The average molecular weight is 491 g/mol. The number of piperidine rings is 1. The predicted molar refractivity (Wildman–Crippen MR) is 123 cm³/mol. The number of nitrogens with one attached hydrogen (secondary N) is 2. The van der Waals surface area contributed by atoms with E-state index in [-0.39, 0.29) is 24.0 Å². The molecule has 0 saturated carbocycles. The van der Waals surface area contributed by atoms with Crippen LogP contribution in [0.4, 0.5) is 0 Å². The van der Waals surface area contributed by atoms with Crippen LogP contribution in [-0.2, 0) is 0 Å². The van der Waals surface area contributed by atoms with E-state index in [9.17, 15) is 0 Å². The van der Waals surface area contributed by atoms with Crippen molar-refractivity contribution in [2.45, 2.75) is 31.7 Å². The highest BCUT2D eigenvalue weighted by atomic mass is 127. The van der Waals surface area contributed by atoms with Gasteiger partial charge in [-0.05, 0) is 69.7 Å². The molecule has 0 radical (unpaired) electrons. The van der Waals surface area contributed by atoms with Gasteiger partial charge in [0.05, 0.1) is 6.04 Å². The van der Waals surface area contributed by atoms with Crippen molar-refractivity contribution in [1.29, 1.82) is 0 Å². The van der Waals surface area contributed by atoms with Crippen LogP contribution in [0.15, 0.2) is 22.5 Å². The Morgan fingerprint density at radius 3 is 2.73 bits per heavy atom. The van der Waals surface area contributed by atoms with Crippen LogP contribution in [0, 0.1) is 5.92 Å². The van der Waals surface area contributed by atoms with E-state index in [2.05, 4.69) is 50.0 Å². The van der Waals surface area contributed by atoms with E-state index in [1.165, 1.54) is 56.7 Å². The summed E-state index contributed by atoms with van der Waals surface area (Å²) in [5.41, 5.74) is 0. The van der Waals surface area contributed by atoms with Gasteiger partial charge in [-0.1, -0.05) is 6.07 Å². The van der Waals surface area contributed by atoms with Crippen LogP contribution in [0.25, 0.3) is 0 Å². The number of halogens is 1. The molecule has 2 unspecified atom stereocenters. The highest BCUT2D eigenvalue weighted by Crippen LogP contribution is 2.27. The van der Waals surface area contributed by atoms with Crippen LogP contribution in [0.1, 0.15) is 36.6 Å². The molecule has 2 aliphatic rings. The summed E-state index contributed by atoms with van der Waals surface area (Å²) in [6, 6.07) is 4.89. The Morgan fingerprint density at radius 2 is 2.08 bits per heavy atom. The molecule has 0 spiro atoms. The summed E-state index contributed by atoms with van der Waals surface area (Å²) >= 11 is 1.87. The van der Waals surface area contributed by atoms with Gasteiger partial charge in [-0.2, -0.15) is 0 Å². The lowest BCUT2D eigenvalue weighted by Gasteiger charge is -2.31. The lowest BCUT2D eigenvalue weighted by atomic mass is 9.99. The SMILES string of the molecule is CN=C(NCC1CCCN(C)C1)NCC(c1cccs1)N1CCCC1.I. The molecule has 1 aromatic rings. The lowest BCUT2D eigenvalue weighted by molar-refractivity contribution is 0.210. The normalized spacial score (nSPS) is 23.5. The zero-order valence-electron chi connectivity index (χ0n) is 16.1. The van der Waals surface area contributed by atoms with Crippen LogP contribution in [0.2, 0.25) is 0 Å². The largest absolute Gasteiger partial charge is 0.356 e. The van der Waals surface area contributed by atoms with E-state index in [1.54, 1.807) is 0 Å². The van der Waals surface area contributed by atoms with Gasteiger partial charge < -0.3 is 15.5 Å².